The molecule has 1 aliphatic carbocycles. The SMILES string of the molecule is O=C(NC[C@H]1CCCO1)C1CCN(S(=O)(=O)c2cc(-c3noc(C4CCC4)n3)cs2)CC1. The van der Waals surface area contributed by atoms with Crippen LogP contribution in [0, 0.1) is 5.92 Å². The second-order valence-corrected chi connectivity index (χ2v) is 11.9. The second kappa shape index (κ2) is 9.20. The van der Waals surface area contributed by atoms with Crippen LogP contribution < -0.4 is 5.32 Å². The Morgan fingerprint density at radius 1 is 1.19 bits per heavy atom. The van der Waals surface area contributed by atoms with Gasteiger partial charge in [0.1, 0.15) is 4.21 Å². The van der Waals surface area contributed by atoms with Crippen molar-refractivity contribution in [1.29, 1.82) is 0 Å². The van der Waals surface area contributed by atoms with Crippen LogP contribution in [0.5, 0.6) is 0 Å². The standard InChI is InChI=1S/C21H28N4O5S2/c26-20(22-12-17-5-2-10-29-17)14-6-8-25(9-7-14)32(27,28)18-11-16(13-31-18)19-23-21(30-24-19)15-3-1-4-15/h11,13-15,17H,1-10,12H2,(H,22,26)/t17-/m1/s1. The first-order chi connectivity index (χ1) is 15.5. The number of ether oxygens (including phenoxy) is 1. The highest BCUT2D eigenvalue weighted by atomic mass is 32.2. The lowest BCUT2D eigenvalue weighted by molar-refractivity contribution is -0.126. The third-order valence-corrected chi connectivity index (χ3v) is 9.99. The van der Waals surface area contributed by atoms with Gasteiger partial charge in [-0.25, -0.2) is 8.42 Å². The quantitative estimate of drug-likeness (QED) is 0.648. The number of hydrogen-bond acceptors (Lipinski definition) is 8. The van der Waals surface area contributed by atoms with Crippen molar-refractivity contribution in [3.63, 3.8) is 0 Å². The molecule has 0 spiro atoms. The number of sulfonamides is 1. The lowest BCUT2D eigenvalue weighted by Crippen LogP contribution is -2.44. The van der Waals surface area contributed by atoms with Gasteiger partial charge >= 0.3 is 0 Å². The number of carbonyl (C=O) groups is 1. The maximum atomic E-state index is 13.1. The molecule has 3 fully saturated rings. The lowest BCUT2D eigenvalue weighted by atomic mass is 9.85. The van der Waals surface area contributed by atoms with Gasteiger partial charge in [-0.1, -0.05) is 11.6 Å². The molecule has 9 nitrogen and oxygen atoms in total. The van der Waals surface area contributed by atoms with Crippen molar-refractivity contribution >= 4 is 27.3 Å². The van der Waals surface area contributed by atoms with Crippen molar-refractivity contribution in [2.75, 3.05) is 26.2 Å². The Kier molecular flexibility index (Phi) is 6.33. The van der Waals surface area contributed by atoms with Crippen LogP contribution in [0.1, 0.15) is 56.8 Å². The maximum Gasteiger partial charge on any atom is 0.252 e. The van der Waals surface area contributed by atoms with E-state index in [0.717, 1.165) is 32.3 Å². The smallest absolute Gasteiger partial charge is 0.252 e. The third-order valence-electron chi connectivity index (χ3n) is 6.68. The number of hydrogen-bond donors (Lipinski definition) is 1. The van der Waals surface area contributed by atoms with Gasteiger partial charge in [0.25, 0.3) is 10.0 Å². The summed E-state index contributed by atoms with van der Waals surface area (Å²) in [5.74, 6) is 1.25. The molecule has 4 heterocycles. The summed E-state index contributed by atoms with van der Waals surface area (Å²) in [4.78, 5) is 16.9. The first-order valence-corrected chi connectivity index (χ1v) is 13.6. The van der Waals surface area contributed by atoms with Gasteiger partial charge in [0.15, 0.2) is 0 Å². The summed E-state index contributed by atoms with van der Waals surface area (Å²) in [6, 6.07) is 1.62. The molecule has 2 aromatic heterocycles. The van der Waals surface area contributed by atoms with Crippen molar-refractivity contribution in [2.45, 2.75) is 61.2 Å². The first kappa shape index (κ1) is 22.0. The fourth-order valence-corrected chi connectivity index (χ4v) is 7.17. The highest BCUT2D eigenvalue weighted by Gasteiger charge is 2.34. The van der Waals surface area contributed by atoms with Gasteiger partial charge in [0.05, 0.1) is 6.10 Å². The Hall–Kier alpha value is -1.82. The van der Waals surface area contributed by atoms with E-state index >= 15 is 0 Å². The van der Waals surface area contributed by atoms with Crippen molar-refractivity contribution in [3.8, 4) is 11.4 Å². The number of amides is 1. The molecule has 32 heavy (non-hydrogen) atoms. The van der Waals surface area contributed by atoms with Gasteiger partial charge < -0.3 is 14.6 Å². The van der Waals surface area contributed by atoms with E-state index in [1.54, 1.807) is 11.4 Å². The number of nitrogens with one attached hydrogen (secondary N) is 1. The topological polar surface area (TPSA) is 115 Å². The van der Waals surface area contributed by atoms with Crippen molar-refractivity contribution in [3.05, 3.63) is 17.3 Å². The summed E-state index contributed by atoms with van der Waals surface area (Å²) in [6.07, 6.45) is 6.46. The van der Waals surface area contributed by atoms with Crippen molar-refractivity contribution in [1.82, 2.24) is 19.8 Å². The van der Waals surface area contributed by atoms with Crippen LogP contribution in [0.3, 0.4) is 0 Å². The molecule has 2 aliphatic heterocycles. The summed E-state index contributed by atoms with van der Waals surface area (Å²) < 4.78 is 38.9. The molecule has 2 saturated heterocycles. The Morgan fingerprint density at radius 2 is 2.00 bits per heavy atom. The minimum Gasteiger partial charge on any atom is -0.376 e. The monoisotopic (exact) mass is 480 g/mol. The molecule has 0 bridgehead atoms. The zero-order chi connectivity index (χ0) is 22.1. The number of rotatable bonds is 7. The molecule has 5 rings (SSSR count). The summed E-state index contributed by atoms with van der Waals surface area (Å²) in [6.45, 7) is 1.97. The summed E-state index contributed by atoms with van der Waals surface area (Å²) in [7, 11) is -3.61. The summed E-state index contributed by atoms with van der Waals surface area (Å²) >= 11 is 1.17. The lowest BCUT2D eigenvalue weighted by Gasteiger charge is -2.30. The highest BCUT2D eigenvalue weighted by Crippen LogP contribution is 2.37. The second-order valence-electron chi connectivity index (χ2n) is 8.80. The molecule has 0 radical (unpaired) electrons. The van der Waals surface area contributed by atoms with E-state index in [0.29, 0.717) is 55.7 Å². The molecule has 1 N–H and O–H groups in total. The minimum absolute atomic E-state index is 0.00432. The summed E-state index contributed by atoms with van der Waals surface area (Å²) in [5.41, 5.74) is 0.659. The Balaban J connectivity index is 1.17. The number of nitrogens with zero attached hydrogens (tertiary/aromatic N) is 3. The fraction of sp³-hybridized carbons (Fsp3) is 0.667. The predicted octanol–water partition coefficient (Wildman–Crippen LogP) is 2.76. The number of carbonyl (C=O) groups excluding carboxylic acids is 1. The van der Waals surface area contributed by atoms with Gasteiger partial charge in [0, 0.05) is 49.0 Å². The zero-order valence-electron chi connectivity index (χ0n) is 17.9. The molecule has 0 aromatic carbocycles. The van der Waals surface area contributed by atoms with Crippen LogP contribution in [0.25, 0.3) is 11.4 Å². The van der Waals surface area contributed by atoms with E-state index in [-0.39, 0.29) is 22.1 Å². The van der Waals surface area contributed by atoms with E-state index in [4.69, 9.17) is 9.26 Å². The molecule has 1 amide bonds. The normalized spacial score (nSPS) is 23.3. The molecule has 174 valence electrons. The minimum atomic E-state index is -3.61. The highest BCUT2D eigenvalue weighted by molar-refractivity contribution is 7.91. The van der Waals surface area contributed by atoms with E-state index in [2.05, 4.69) is 15.5 Å². The molecule has 2 aromatic rings. The molecule has 3 aliphatic rings. The largest absolute Gasteiger partial charge is 0.376 e. The van der Waals surface area contributed by atoms with Crippen molar-refractivity contribution in [2.24, 2.45) is 5.92 Å². The summed E-state index contributed by atoms with van der Waals surface area (Å²) in [5, 5.41) is 8.76. The fourth-order valence-electron chi connectivity index (χ4n) is 4.39. The van der Waals surface area contributed by atoms with E-state index in [1.807, 2.05) is 0 Å². The Labute approximate surface area is 191 Å². The van der Waals surface area contributed by atoms with Crippen LogP contribution >= 0.6 is 11.3 Å². The number of aromatic nitrogens is 2. The van der Waals surface area contributed by atoms with E-state index < -0.39 is 10.0 Å². The Bertz CT molecular complexity index is 1050. The average molecular weight is 481 g/mol. The van der Waals surface area contributed by atoms with Gasteiger partial charge in [-0.3, -0.25) is 4.79 Å². The first-order valence-electron chi connectivity index (χ1n) is 11.3. The van der Waals surface area contributed by atoms with Crippen LogP contribution in [-0.4, -0.2) is 61.1 Å². The maximum absolute atomic E-state index is 13.1. The molecule has 0 unspecified atom stereocenters. The van der Waals surface area contributed by atoms with Gasteiger partial charge in [-0.15, -0.1) is 11.3 Å². The van der Waals surface area contributed by atoms with Crippen LogP contribution in [0.15, 0.2) is 20.2 Å². The third kappa shape index (κ3) is 4.48. The van der Waals surface area contributed by atoms with Crippen LogP contribution in [-0.2, 0) is 19.6 Å². The van der Waals surface area contributed by atoms with Gasteiger partial charge in [0.2, 0.25) is 17.6 Å². The molecule has 1 atom stereocenters. The van der Waals surface area contributed by atoms with E-state index in [9.17, 15) is 13.2 Å². The molecular formula is C21H28N4O5S2. The molecule has 1 saturated carbocycles. The zero-order valence-corrected chi connectivity index (χ0v) is 19.5. The van der Waals surface area contributed by atoms with Crippen LogP contribution in [0.4, 0.5) is 0 Å². The van der Waals surface area contributed by atoms with Gasteiger partial charge in [-0.05, 0) is 44.6 Å². The van der Waals surface area contributed by atoms with E-state index in [1.165, 1.54) is 22.1 Å². The predicted molar refractivity (Wildman–Crippen MR) is 118 cm³/mol. The Morgan fingerprint density at radius 3 is 2.69 bits per heavy atom. The van der Waals surface area contributed by atoms with Crippen molar-refractivity contribution < 1.29 is 22.5 Å². The number of piperidine rings is 1. The van der Waals surface area contributed by atoms with Gasteiger partial charge in [-0.2, -0.15) is 9.29 Å². The molecular weight excluding hydrogens is 452 g/mol. The number of thiophene rings is 1. The van der Waals surface area contributed by atoms with Crippen LogP contribution in [0.2, 0.25) is 0 Å². The molecule has 11 heteroatoms. The average Bonchev–Trinajstić information content (AvgIpc) is 3.52.